The van der Waals surface area contributed by atoms with Crippen molar-refractivity contribution in [2.24, 2.45) is 5.92 Å². The van der Waals surface area contributed by atoms with E-state index in [1.165, 1.54) is 64.2 Å². The van der Waals surface area contributed by atoms with Crippen molar-refractivity contribution in [1.29, 1.82) is 0 Å². The lowest BCUT2D eigenvalue weighted by atomic mass is 9.86. The molecule has 1 amide bonds. The van der Waals surface area contributed by atoms with Crippen molar-refractivity contribution in [3.05, 3.63) is 58.8 Å². The summed E-state index contributed by atoms with van der Waals surface area (Å²) < 4.78 is 3.36. The first kappa shape index (κ1) is 26.1. The smallest absolute Gasteiger partial charge is 0.227 e. The van der Waals surface area contributed by atoms with Crippen molar-refractivity contribution >= 4 is 32.9 Å². The largest absolute Gasteiger partial charge is 0.336 e. The zero-order chi connectivity index (χ0) is 25.9. The highest BCUT2D eigenvalue weighted by Crippen LogP contribution is 2.33. The molecule has 1 atom stereocenters. The molecule has 3 fully saturated rings. The van der Waals surface area contributed by atoms with Crippen LogP contribution in [0.15, 0.2) is 53.0 Å². The molecule has 3 aliphatic rings. The molecule has 0 N–H and O–H groups in total. The molecular weight excluding hydrogens is 536 g/mol. The average molecular weight is 578 g/mol. The summed E-state index contributed by atoms with van der Waals surface area (Å²) in [7, 11) is 0. The summed E-state index contributed by atoms with van der Waals surface area (Å²) in [5.41, 5.74) is 3.27. The van der Waals surface area contributed by atoms with Crippen LogP contribution < -0.4 is 0 Å². The summed E-state index contributed by atoms with van der Waals surface area (Å²) in [6.45, 7) is 2.63. The molecule has 1 aliphatic heterocycles. The number of fused-ring (bicyclic) bond motifs is 1. The summed E-state index contributed by atoms with van der Waals surface area (Å²) in [6.07, 6.45) is 14.7. The first-order valence-corrected chi connectivity index (χ1v) is 15.7. The van der Waals surface area contributed by atoms with Crippen molar-refractivity contribution < 1.29 is 4.79 Å². The van der Waals surface area contributed by atoms with Crippen LogP contribution in [0.2, 0.25) is 0 Å². The van der Waals surface area contributed by atoms with E-state index in [0.717, 1.165) is 59.5 Å². The van der Waals surface area contributed by atoms with Crippen LogP contribution in [0.4, 0.5) is 0 Å². The first-order valence-electron chi connectivity index (χ1n) is 14.9. The maximum absolute atomic E-state index is 14.2. The van der Waals surface area contributed by atoms with Gasteiger partial charge in [-0.1, -0.05) is 72.7 Å². The Labute approximate surface area is 235 Å². The molecule has 2 heterocycles. The zero-order valence-corrected chi connectivity index (χ0v) is 24.1. The summed E-state index contributed by atoms with van der Waals surface area (Å²) in [4.78, 5) is 24.2. The van der Waals surface area contributed by atoms with Crippen LogP contribution in [0.25, 0.3) is 16.7 Å². The van der Waals surface area contributed by atoms with Crippen LogP contribution >= 0.6 is 15.9 Å². The number of piperidine rings is 1. The Hall–Kier alpha value is -2.18. The Morgan fingerprint density at radius 3 is 2.29 bits per heavy atom. The van der Waals surface area contributed by atoms with Crippen molar-refractivity contribution in [2.45, 2.75) is 95.7 Å². The van der Waals surface area contributed by atoms with Gasteiger partial charge in [-0.3, -0.25) is 14.3 Å². The fraction of sp³-hybridized carbons (Fsp3) is 0.562. The lowest BCUT2D eigenvalue weighted by Crippen LogP contribution is -2.53. The third-order valence-electron chi connectivity index (χ3n) is 9.11. The van der Waals surface area contributed by atoms with Crippen molar-refractivity contribution in [1.82, 2.24) is 19.4 Å². The van der Waals surface area contributed by atoms with Gasteiger partial charge in [0, 0.05) is 28.8 Å². The molecule has 6 rings (SSSR count). The lowest BCUT2D eigenvalue weighted by Gasteiger charge is -2.44. The molecule has 0 unspecified atom stereocenters. The van der Waals surface area contributed by atoms with Gasteiger partial charge in [-0.2, -0.15) is 0 Å². The highest BCUT2D eigenvalue weighted by Gasteiger charge is 2.37. The summed E-state index contributed by atoms with van der Waals surface area (Å²) in [6, 6.07) is 17.8. The fourth-order valence-corrected chi connectivity index (χ4v) is 7.66. The minimum Gasteiger partial charge on any atom is -0.336 e. The summed E-state index contributed by atoms with van der Waals surface area (Å²) >= 11 is 3.65. The predicted octanol–water partition coefficient (Wildman–Crippen LogP) is 7.49. The molecule has 1 saturated heterocycles. The van der Waals surface area contributed by atoms with Gasteiger partial charge in [0.1, 0.15) is 5.82 Å². The van der Waals surface area contributed by atoms with E-state index in [4.69, 9.17) is 4.98 Å². The van der Waals surface area contributed by atoms with E-state index in [0.29, 0.717) is 18.0 Å². The van der Waals surface area contributed by atoms with Gasteiger partial charge in [-0.15, -0.1) is 0 Å². The number of carbonyl (C=O) groups is 1. The van der Waals surface area contributed by atoms with Gasteiger partial charge in [0.2, 0.25) is 5.91 Å². The standard InChI is InChI=1S/C32H41BrN4O/c33-25-12-9-17-28(21-25)37-30-19-8-7-18-29(30)34-31(37)23-35-20-10-11-24(22-35)32(38)36(26-13-3-1-4-14-26)27-15-5-2-6-16-27/h7-9,12,17-19,21,24,26-27H,1-6,10-11,13-16,20,22-23H2/t24-/m0/s1. The first-order chi connectivity index (χ1) is 18.7. The quantitative estimate of drug-likeness (QED) is 0.305. The van der Waals surface area contributed by atoms with Crippen molar-refractivity contribution in [3.63, 3.8) is 0 Å². The monoisotopic (exact) mass is 576 g/mol. The molecule has 6 heteroatoms. The number of hydrogen-bond donors (Lipinski definition) is 0. The molecule has 0 spiro atoms. The second kappa shape index (κ2) is 11.9. The van der Waals surface area contributed by atoms with Crippen molar-refractivity contribution in [2.75, 3.05) is 13.1 Å². The number of imidazole rings is 1. The van der Waals surface area contributed by atoms with Crippen LogP contribution in [0, 0.1) is 5.92 Å². The van der Waals surface area contributed by atoms with Gasteiger partial charge in [0.05, 0.1) is 23.5 Å². The number of para-hydroxylation sites is 2. The Morgan fingerprint density at radius 2 is 1.58 bits per heavy atom. The van der Waals surface area contributed by atoms with Crippen molar-refractivity contribution in [3.8, 4) is 5.69 Å². The van der Waals surface area contributed by atoms with Gasteiger partial charge in [-0.05, 0) is 75.4 Å². The molecule has 202 valence electrons. The van der Waals surface area contributed by atoms with Gasteiger partial charge in [0.15, 0.2) is 0 Å². The van der Waals surface area contributed by atoms with Crippen LogP contribution in [0.1, 0.15) is 82.9 Å². The fourth-order valence-electron chi connectivity index (χ4n) is 7.27. The van der Waals surface area contributed by atoms with Crippen LogP contribution in [0.5, 0.6) is 0 Å². The molecule has 5 nitrogen and oxygen atoms in total. The van der Waals surface area contributed by atoms with Gasteiger partial charge in [-0.25, -0.2) is 4.98 Å². The van der Waals surface area contributed by atoms with E-state index in [9.17, 15) is 4.79 Å². The van der Waals surface area contributed by atoms with E-state index >= 15 is 0 Å². The van der Waals surface area contributed by atoms with E-state index in [1.807, 2.05) is 0 Å². The molecular formula is C32H41BrN4O. The average Bonchev–Trinajstić information content (AvgIpc) is 3.32. The lowest BCUT2D eigenvalue weighted by molar-refractivity contribution is -0.144. The van der Waals surface area contributed by atoms with E-state index < -0.39 is 0 Å². The van der Waals surface area contributed by atoms with Gasteiger partial charge >= 0.3 is 0 Å². The molecule has 2 aliphatic carbocycles. The number of halogens is 1. The number of hydrogen-bond acceptors (Lipinski definition) is 3. The second-order valence-corrected chi connectivity index (χ2v) is 12.7. The third kappa shape index (κ3) is 5.58. The summed E-state index contributed by atoms with van der Waals surface area (Å²) in [5.74, 6) is 1.61. The Kier molecular flexibility index (Phi) is 8.17. The highest BCUT2D eigenvalue weighted by molar-refractivity contribution is 9.10. The van der Waals surface area contributed by atoms with E-state index in [1.54, 1.807) is 0 Å². The van der Waals surface area contributed by atoms with E-state index in [2.05, 4.69) is 78.8 Å². The van der Waals surface area contributed by atoms with Crippen LogP contribution in [-0.4, -0.2) is 50.4 Å². The Balaban J connectivity index is 1.24. The van der Waals surface area contributed by atoms with Gasteiger partial charge < -0.3 is 4.90 Å². The van der Waals surface area contributed by atoms with Crippen LogP contribution in [-0.2, 0) is 11.3 Å². The zero-order valence-electron chi connectivity index (χ0n) is 22.5. The predicted molar refractivity (Wildman–Crippen MR) is 157 cm³/mol. The Morgan fingerprint density at radius 1 is 0.868 bits per heavy atom. The number of benzene rings is 2. The number of rotatable bonds is 6. The number of likely N-dealkylation sites (tertiary alicyclic amines) is 1. The Bertz CT molecular complexity index is 1230. The molecule has 38 heavy (non-hydrogen) atoms. The number of nitrogens with zero attached hydrogens (tertiary/aromatic N) is 4. The molecule has 3 aromatic rings. The van der Waals surface area contributed by atoms with E-state index in [-0.39, 0.29) is 5.92 Å². The second-order valence-electron chi connectivity index (χ2n) is 11.7. The molecule has 1 aromatic heterocycles. The maximum Gasteiger partial charge on any atom is 0.227 e. The SMILES string of the molecule is O=C([C@H]1CCCN(Cc2nc3ccccc3n2-c2cccc(Br)c2)C1)N(C1CCCCC1)C1CCCCC1. The minimum absolute atomic E-state index is 0.108. The molecule has 0 bridgehead atoms. The van der Waals surface area contributed by atoms with Crippen LogP contribution in [0.3, 0.4) is 0 Å². The normalized spacial score (nSPS) is 22.1. The van der Waals surface area contributed by atoms with Gasteiger partial charge in [0.25, 0.3) is 0 Å². The molecule has 2 saturated carbocycles. The number of carbonyl (C=O) groups excluding carboxylic acids is 1. The number of amides is 1. The third-order valence-corrected chi connectivity index (χ3v) is 9.60. The maximum atomic E-state index is 14.2. The summed E-state index contributed by atoms with van der Waals surface area (Å²) in [5, 5.41) is 0. The number of aromatic nitrogens is 2. The molecule has 2 aromatic carbocycles. The minimum atomic E-state index is 0.108. The topological polar surface area (TPSA) is 41.4 Å². The highest BCUT2D eigenvalue weighted by atomic mass is 79.9. The molecule has 0 radical (unpaired) electrons.